The van der Waals surface area contributed by atoms with Gasteiger partial charge in [0.15, 0.2) is 0 Å². The summed E-state index contributed by atoms with van der Waals surface area (Å²) < 4.78 is 4.90. The number of ether oxygens (including phenoxy) is 1. The first-order chi connectivity index (χ1) is 8.15. The number of thioether (sulfide) groups is 1. The Morgan fingerprint density at radius 2 is 2.29 bits per heavy atom. The van der Waals surface area contributed by atoms with E-state index in [0.29, 0.717) is 26.0 Å². The van der Waals surface area contributed by atoms with Crippen LogP contribution in [0.1, 0.15) is 19.3 Å². The van der Waals surface area contributed by atoms with Crippen LogP contribution in [-0.4, -0.2) is 59.7 Å². The summed E-state index contributed by atoms with van der Waals surface area (Å²) in [5, 5.41) is 8.81. The average molecular weight is 261 g/mol. The molecule has 1 aliphatic rings. The number of methoxy groups -OCH3 is 1. The van der Waals surface area contributed by atoms with Crippen molar-refractivity contribution in [3.63, 3.8) is 0 Å². The number of carbonyl (C=O) groups is 2. The number of amides is 1. The number of nitrogens with zero attached hydrogens (tertiary/aromatic N) is 1. The molecular weight excluding hydrogens is 242 g/mol. The Hall–Kier alpha value is -0.750. The van der Waals surface area contributed by atoms with Gasteiger partial charge in [0, 0.05) is 38.2 Å². The summed E-state index contributed by atoms with van der Waals surface area (Å²) in [5.41, 5.74) is 0. The van der Waals surface area contributed by atoms with Crippen molar-refractivity contribution in [1.82, 2.24) is 4.90 Å². The van der Waals surface area contributed by atoms with Gasteiger partial charge in [-0.3, -0.25) is 9.59 Å². The van der Waals surface area contributed by atoms with Crippen LogP contribution in [0.3, 0.4) is 0 Å². The molecule has 6 heteroatoms. The lowest BCUT2D eigenvalue weighted by atomic mass is 10.1. The third-order valence-electron chi connectivity index (χ3n) is 2.70. The lowest BCUT2D eigenvalue weighted by Gasteiger charge is -2.34. The molecule has 17 heavy (non-hydrogen) atoms. The van der Waals surface area contributed by atoms with Crippen molar-refractivity contribution >= 4 is 23.6 Å². The second-order valence-electron chi connectivity index (χ2n) is 4.01. The van der Waals surface area contributed by atoms with Gasteiger partial charge in [0.05, 0.1) is 12.5 Å². The van der Waals surface area contributed by atoms with E-state index < -0.39 is 5.97 Å². The van der Waals surface area contributed by atoms with Gasteiger partial charge in [-0.05, 0) is 6.42 Å². The minimum atomic E-state index is -0.841. The second-order valence-corrected chi connectivity index (χ2v) is 5.16. The molecule has 0 bridgehead atoms. The zero-order valence-corrected chi connectivity index (χ0v) is 10.9. The first kappa shape index (κ1) is 14.3. The highest BCUT2D eigenvalue weighted by atomic mass is 32.2. The van der Waals surface area contributed by atoms with E-state index >= 15 is 0 Å². The van der Waals surface area contributed by atoms with E-state index in [9.17, 15) is 9.59 Å². The molecule has 1 heterocycles. The Labute approximate surface area is 105 Å². The molecule has 5 nitrogen and oxygen atoms in total. The molecule has 1 atom stereocenters. The maximum Gasteiger partial charge on any atom is 0.305 e. The number of hydrogen-bond acceptors (Lipinski definition) is 4. The zero-order chi connectivity index (χ0) is 12.7. The third-order valence-corrected chi connectivity index (χ3v) is 3.79. The second kappa shape index (κ2) is 7.55. The molecule has 0 radical (unpaired) electrons. The maximum atomic E-state index is 11.9. The highest BCUT2D eigenvalue weighted by molar-refractivity contribution is 7.99. The van der Waals surface area contributed by atoms with Gasteiger partial charge in [-0.25, -0.2) is 0 Å². The largest absolute Gasteiger partial charge is 0.481 e. The molecule has 1 N–H and O–H groups in total. The summed E-state index contributed by atoms with van der Waals surface area (Å²) in [7, 11) is 1.61. The van der Waals surface area contributed by atoms with E-state index in [2.05, 4.69) is 0 Å². The minimum Gasteiger partial charge on any atom is -0.481 e. The van der Waals surface area contributed by atoms with Crippen LogP contribution < -0.4 is 0 Å². The fourth-order valence-corrected chi connectivity index (χ4v) is 2.93. The van der Waals surface area contributed by atoms with E-state index in [1.54, 1.807) is 23.8 Å². The normalized spacial score (nSPS) is 20.3. The quantitative estimate of drug-likeness (QED) is 0.717. The van der Waals surface area contributed by atoms with Crippen LogP contribution in [0.15, 0.2) is 0 Å². The zero-order valence-electron chi connectivity index (χ0n) is 10.1. The summed E-state index contributed by atoms with van der Waals surface area (Å²) >= 11 is 1.71. The van der Waals surface area contributed by atoms with Crippen molar-refractivity contribution < 1.29 is 19.4 Å². The Bertz CT molecular complexity index is 272. The van der Waals surface area contributed by atoms with Crippen LogP contribution >= 0.6 is 11.8 Å². The first-order valence-corrected chi connectivity index (χ1v) is 6.88. The number of rotatable bonds is 6. The molecule has 1 fully saturated rings. The van der Waals surface area contributed by atoms with Crippen molar-refractivity contribution in [1.29, 1.82) is 0 Å². The van der Waals surface area contributed by atoms with Crippen molar-refractivity contribution in [3.05, 3.63) is 0 Å². The van der Waals surface area contributed by atoms with Gasteiger partial charge in [-0.15, -0.1) is 0 Å². The topological polar surface area (TPSA) is 66.8 Å². The molecule has 0 spiro atoms. The summed E-state index contributed by atoms with van der Waals surface area (Å²) in [6.07, 6.45) is 1.18. The molecule has 0 aliphatic carbocycles. The third kappa shape index (κ3) is 4.95. The van der Waals surface area contributed by atoms with E-state index in [-0.39, 0.29) is 18.4 Å². The molecule has 1 amide bonds. The van der Waals surface area contributed by atoms with Gasteiger partial charge >= 0.3 is 5.97 Å². The first-order valence-electron chi connectivity index (χ1n) is 5.73. The lowest BCUT2D eigenvalue weighted by molar-refractivity contribution is -0.140. The predicted molar refractivity (Wildman–Crippen MR) is 66.2 cm³/mol. The summed E-state index contributed by atoms with van der Waals surface area (Å²) in [4.78, 5) is 24.4. The Kier molecular flexibility index (Phi) is 6.36. The van der Waals surface area contributed by atoms with Crippen LogP contribution in [-0.2, 0) is 14.3 Å². The molecule has 1 saturated heterocycles. The van der Waals surface area contributed by atoms with Crippen molar-refractivity contribution in [2.75, 3.05) is 31.8 Å². The highest BCUT2D eigenvalue weighted by Crippen LogP contribution is 2.20. The van der Waals surface area contributed by atoms with Crippen molar-refractivity contribution in [2.45, 2.75) is 25.3 Å². The SMILES string of the molecule is COCCCC(=O)N1CCSCC1CC(=O)O. The fraction of sp³-hybridized carbons (Fsp3) is 0.818. The minimum absolute atomic E-state index is 0.0447. The Balaban J connectivity index is 2.45. The number of carboxylic acid groups (broad SMARTS) is 1. The van der Waals surface area contributed by atoms with Gasteiger partial charge in [0.25, 0.3) is 0 Å². The molecular formula is C11H19NO4S. The molecule has 1 aliphatic heterocycles. The van der Waals surface area contributed by atoms with Crippen LogP contribution in [0.2, 0.25) is 0 Å². The molecule has 1 rings (SSSR count). The number of hydrogen-bond donors (Lipinski definition) is 1. The van der Waals surface area contributed by atoms with E-state index in [0.717, 1.165) is 11.5 Å². The average Bonchev–Trinajstić information content (AvgIpc) is 2.29. The van der Waals surface area contributed by atoms with Crippen LogP contribution in [0.25, 0.3) is 0 Å². The molecule has 0 aromatic carbocycles. The standard InChI is InChI=1S/C11H19NO4S/c1-16-5-2-3-10(13)12-4-6-17-8-9(12)7-11(14)15/h9H,2-8H2,1H3,(H,14,15). The van der Waals surface area contributed by atoms with Crippen molar-refractivity contribution in [3.8, 4) is 0 Å². The lowest BCUT2D eigenvalue weighted by Crippen LogP contribution is -2.47. The van der Waals surface area contributed by atoms with Crippen LogP contribution in [0.4, 0.5) is 0 Å². The molecule has 0 saturated carbocycles. The Morgan fingerprint density at radius 3 is 2.94 bits per heavy atom. The smallest absolute Gasteiger partial charge is 0.305 e. The van der Waals surface area contributed by atoms with Gasteiger partial charge < -0.3 is 14.7 Å². The molecule has 0 aromatic rings. The summed E-state index contributed by atoms with van der Waals surface area (Å²) in [6.45, 7) is 1.23. The summed E-state index contributed by atoms with van der Waals surface area (Å²) in [6, 6.07) is -0.152. The van der Waals surface area contributed by atoms with Gasteiger partial charge in [-0.1, -0.05) is 0 Å². The van der Waals surface area contributed by atoms with Gasteiger partial charge in [0.2, 0.25) is 5.91 Å². The van der Waals surface area contributed by atoms with E-state index in [1.807, 2.05) is 0 Å². The maximum absolute atomic E-state index is 11.9. The number of aliphatic carboxylic acids is 1. The number of carboxylic acids is 1. The molecule has 1 unspecified atom stereocenters. The van der Waals surface area contributed by atoms with Crippen LogP contribution in [0.5, 0.6) is 0 Å². The number of carbonyl (C=O) groups excluding carboxylic acids is 1. The van der Waals surface area contributed by atoms with Crippen LogP contribution in [0, 0.1) is 0 Å². The van der Waals surface area contributed by atoms with E-state index in [1.165, 1.54) is 0 Å². The molecule has 98 valence electrons. The van der Waals surface area contributed by atoms with Gasteiger partial charge in [-0.2, -0.15) is 11.8 Å². The predicted octanol–water partition coefficient (Wildman–Crippen LogP) is 0.832. The van der Waals surface area contributed by atoms with E-state index in [4.69, 9.17) is 9.84 Å². The highest BCUT2D eigenvalue weighted by Gasteiger charge is 2.28. The Morgan fingerprint density at radius 1 is 1.53 bits per heavy atom. The van der Waals surface area contributed by atoms with Gasteiger partial charge in [0.1, 0.15) is 0 Å². The molecule has 0 aromatic heterocycles. The monoisotopic (exact) mass is 261 g/mol. The fourth-order valence-electron chi connectivity index (χ4n) is 1.87. The summed E-state index contributed by atoms with van der Waals surface area (Å²) in [5.74, 6) is 0.829. The van der Waals surface area contributed by atoms with Crippen molar-refractivity contribution in [2.24, 2.45) is 0 Å².